The zero-order valence-electron chi connectivity index (χ0n) is 9.35. The molecule has 3 heteroatoms. The maximum atomic E-state index is 8.68. The molecule has 0 aliphatic carbocycles. The number of nitriles is 1. The van der Waals surface area contributed by atoms with E-state index in [1.807, 2.05) is 38.4 Å². The lowest BCUT2D eigenvalue weighted by atomic mass is 10.2. The molecule has 0 saturated carbocycles. The number of hydrogen-bond acceptors (Lipinski definition) is 3. The van der Waals surface area contributed by atoms with E-state index in [2.05, 4.69) is 16.0 Å². The monoisotopic (exact) mass is 203 g/mol. The molecule has 0 fully saturated rings. The molecule has 0 bridgehead atoms. The Morgan fingerprint density at radius 2 is 2.33 bits per heavy atom. The van der Waals surface area contributed by atoms with Gasteiger partial charge >= 0.3 is 0 Å². The van der Waals surface area contributed by atoms with Crippen LogP contribution in [0.1, 0.15) is 12.6 Å². The molecule has 1 aromatic rings. The van der Waals surface area contributed by atoms with Crippen LogP contribution < -0.4 is 0 Å². The van der Waals surface area contributed by atoms with E-state index in [1.54, 1.807) is 0 Å². The lowest BCUT2D eigenvalue weighted by Gasteiger charge is -2.17. The summed E-state index contributed by atoms with van der Waals surface area (Å²) in [4.78, 5) is 6.43. The molecule has 1 atom stereocenters. The van der Waals surface area contributed by atoms with Gasteiger partial charge < -0.3 is 4.90 Å². The van der Waals surface area contributed by atoms with Gasteiger partial charge in [0.15, 0.2) is 0 Å². The van der Waals surface area contributed by atoms with E-state index in [1.165, 1.54) is 0 Å². The van der Waals surface area contributed by atoms with Crippen LogP contribution >= 0.6 is 0 Å². The zero-order chi connectivity index (χ0) is 11.1. The van der Waals surface area contributed by atoms with Gasteiger partial charge in [-0.25, -0.2) is 0 Å². The number of rotatable bonds is 5. The average Bonchev–Trinajstić information content (AvgIpc) is 2.27. The van der Waals surface area contributed by atoms with Gasteiger partial charge in [-0.2, -0.15) is 5.26 Å². The van der Waals surface area contributed by atoms with E-state index in [9.17, 15) is 0 Å². The van der Waals surface area contributed by atoms with Crippen molar-refractivity contribution in [2.75, 3.05) is 20.1 Å². The number of aromatic nitrogens is 1. The molecule has 0 saturated heterocycles. The highest BCUT2D eigenvalue weighted by Crippen LogP contribution is 1.99. The summed E-state index contributed by atoms with van der Waals surface area (Å²) in [6.45, 7) is 3.71. The van der Waals surface area contributed by atoms with E-state index < -0.39 is 0 Å². The molecule has 1 heterocycles. The third-order valence-electron chi connectivity index (χ3n) is 2.28. The van der Waals surface area contributed by atoms with Gasteiger partial charge in [0.05, 0.1) is 12.0 Å². The Morgan fingerprint density at radius 3 is 2.93 bits per heavy atom. The van der Waals surface area contributed by atoms with Crippen LogP contribution in [0.15, 0.2) is 24.4 Å². The minimum Gasteiger partial charge on any atom is -0.305 e. The summed E-state index contributed by atoms with van der Waals surface area (Å²) in [6.07, 6.45) is 2.75. The predicted octanol–water partition coefficient (Wildman–Crippen LogP) is 1.72. The van der Waals surface area contributed by atoms with E-state index in [0.29, 0.717) is 0 Å². The van der Waals surface area contributed by atoms with Gasteiger partial charge in [-0.15, -0.1) is 0 Å². The van der Waals surface area contributed by atoms with Gasteiger partial charge in [0.1, 0.15) is 0 Å². The van der Waals surface area contributed by atoms with Crippen LogP contribution in [0.4, 0.5) is 0 Å². The van der Waals surface area contributed by atoms with Crippen molar-refractivity contribution in [2.24, 2.45) is 5.92 Å². The number of pyridine rings is 1. The van der Waals surface area contributed by atoms with Crippen molar-refractivity contribution in [2.45, 2.75) is 13.3 Å². The van der Waals surface area contributed by atoms with Gasteiger partial charge in [-0.1, -0.05) is 6.07 Å². The van der Waals surface area contributed by atoms with Gasteiger partial charge in [0.2, 0.25) is 0 Å². The molecule has 0 radical (unpaired) electrons. The Kier molecular flexibility index (Phi) is 4.79. The van der Waals surface area contributed by atoms with Gasteiger partial charge in [0, 0.05) is 31.4 Å². The Balaban J connectivity index is 2.29. The van der Waals surface area contributed by atoms with Crippen LogP contribution in [0.25, 0.3) is 0 Å². The quantitative estimate of drug-likeness (QED) is 0.731. The molecule has 1 unspecified atom stereocenters. The second kappa shape index (κ2) is 6.15. The molecular formula is C12H17N3. The van der Waals surface area contributed by atoms with E-state index in [4.69, 9.17) is 5.26 Å². The van der Waals surface area contributed by atoms with Crippen molar-refractivity contribution in [3.8, 4) is 6.07 Å². The molecule has 1 aromatic heterocycles. The highest BCUT2D eigenvalue weighted by Gasteiger charge is 2.04. The summed E-state index contributed by atoms with van der Waals surface area (Å²) in [6, 6.07) is 8.19. The van der Waals surface area contributed by atoms with Crippen molar-refractivity contribution >= 4 is 0 Å². The summed E-state index contributed by atoms with van der Waals surface area (Å²) in [7, 11) is 2.04. The second-order valence-corrected chi connectivity index (χ2v) is 3.86. The number of likely N-dealkylation sites (N-methyl/N-ethyl adjacent to an activating group) is 1. The van der Waals surface area contributed by atoms with E-state index >= 15 is 0 Å². The minimum absolute atomic E-state index is 0.0960. The predicted molar refractivity (Wildman–Crippen MR) is 60.2 cm³/mol. The Hall–Kier alpha value is -1.40. The maximum Gasteiger partial charge on any atom is 0.0666 e. The van der Waals surface area contributed by atoms with Gasteiger partial charge in [-0.05, 0) is 26.1 Å². The first-order chi connectivity index (χ1) is 7.22. The maximum absolute atomic E-state index is 8.68. The molecule has 0 aromatic carbocycles. The first-order valence-electron chi connectivity index (χ1n) is 5.20. The Labute approximate surface area is 91.4 Å². The summed E-state index contributed by atoms with van der Waals surface area (Å²) < 4.78 is 0. The standard InChI is InChI=1S/C12H17N3/c1-11(9-13)10-15(2)8-6-12-5-3-4-7-14-12/h3-5,7,11H,6,8,10H2,1-2H3. The fourth-order valence-corrected chi connectivity index (χ4v) is 1.45. The van der Waals surface area contributed by atoms with Crippen molar-refractivity contribution in [3.63, 3.8) is 0 Å². The van der Waals surface area contributed by atoms with Crippen LogP contribution in [0.5, 0.6) is 0 Å². The summed E-state index contributed by atoms with van der Waals surface area (Å²) >= 11 is 0. The van der Waals surface area contributed by atoms with Crippen molar-refractivity contribution in [3.05, 3.63) is 30.1 Å². The summed E-state index contributed by atoms with van der Waals surface area (Å²) in [5.41, 5.74) is 1.11. The molecule has 0 amide bonds. The third-order valence-corrected chi connectivity index (χ3v) is 2.28. The van der Waals surface area contributed by atoms with Crippen LogP contribution in [0.3, 0.4) is 0 Å². The van der Waals surface area contributed by atoms with Crippen LogP contribution in [-0.2, 0) is 6.42 Å². The Bertz CT molecular complexity index is 315. The fourth-order valence-electron chi connectivity index (χ4n) is 1.45. The zero-order valence-corrected chi connectivity index (χ0v) is 9.35. The van der Waals surface area contributed by atoms with Crippen LogP contribution in [-0.4, -0.2) is 30.0 Å². The lowest BCUT2D eigenvalue weighted by molar-refractivity contribution is 0.313. The molecule has 0 N–H and O–H groups in total. The highest BCUT2D eigenvalue weighted by molar-refractivity contribution is 5.03. The second-order valence-electron chi connectivity index (χ2n) is 3.86. The molecular weight excluding hydrogens is 186 g/mol. The average molecular weight is 203 g/mol. The minimum atomic E-state index is 0.0960. The summed E-state index contributed by atoms with van der Waals surface area (Å²) in [5, 5.41) is 8.68. The van der Waals surface area contributed by atoms with Crippen molar-refractivity contribution in [1.29, 1.82) is 5.26 Å². The molecule has 1 rings (SSSR count). The first-order valence-corrected chi connectivity index (χ1v) is 5.20. The van der Waals surface area contributed by atoms with Crippen molar-refractivity contribution < 1.29 is 0 Å². The largest absolute Gasteiger partial charge is 0.305 e. The molecule has 15 heavy (non-hydrogen) atoms. The number of nitrogens with zero attached hydrogens (tertiary/aromatic N) is 3. The molecule has 0 aliphatic rings. The normalized spacial score (nSPS) is 12.4. The topological polar surface area (TPSA) is 39.9 Å². The van der Waals surface area contributed by atoms with E-state index in [-0.39, 0.29) is 5.92 Å². The fraction of sp³-hybridized carbons (Fsp3) is 0.500. The van der Waals surface area contributed by atoms with Gasteiger partial charge in [-0.3, -0.25) is 4.98 Å². The van der Waals surface area contributed by atoms with Gasteiger partial charge in [0.25, 0.3) is 0 Å². The molecule has 0 spiro atoms. The SMILES string of the molecule is CC(C#N)CN(C)CCc1ccccn1. The molecule has 3 nitrogen and oxygen atoms in total. The highest BCUT2D eigenvalue weighted by atomic mass is 15.1. The lowest BCUT2D eigenvalue weighted by Crippen LogP contribution is -2.26. The smallest absolute Gasteiger partial charge is 0.0666 e. The number of hydrogen-bond donors (Lipinski definition) is 0. The molecule has 0 aliphatic heterocycles. The van der Waals surface area contributed by atoms with E-state index in [0.717, 1.165) is 25.2 Å². The first kappa shape index (κ1) is 11.7. The Morgan fingerprint density at radius 1 is 1.53 bits per heavy atom. The van der Waals surface area contributed by atoms with Crippen LogP contribution in [0, 0.1) is 17.2 Å². The van der Waals surface area contributed by atoms with Crippen molar-refractivity contribution in [1.82, 2.24) is 9.88 Å². The third kappa shape index (κ3) is 4.57. The summed E-state index contributed by atoms with van der Waals surface area (Å²) in [5.74, 6) is 0.0960. The molecule has 80 valence electrons. The van der Waals surface area contributed by atoms with Crippen LogP contribution in [0.2, 0.25) is 0 Å².